The Hall–Kier alpha value is -0.780. The van der Waals surface area contributed by atoms with Crippen molar-refractivity contribution in [1.29, 1.82) is 0 Å². The van der Waals surface area contributed by atoms with E-state index in [1.54, 1.807) is 0 Å². The van der Waals surface area contributed by atoms with E-state index < -0.39 is 0 Å². The molecule has 0 heteroatoms. The monoisotopic (exact) mass is 208 g/mol. The lowest BCUT2D eigenvalue weighted by molar-refractivity contribution is 0.626. The van der Waals surface area contributed by atoms with Crippen LogP contribution in [0.4, 0.5) is 0 Å². The molecule has 0 aromatic heterocycles. The average Bonchev–Trinajstić information content (AvgIpc) is 2.26. The first kappa shape index (κ1) is 16.6. The molecule has 15 heavy (non-hydrogen) atoms. The van der Waals surface area contributed by atoms with E-state index in [0.717, 1.165) is 5.92 Å². The second-order valence-corrected chi connectivity index (χ2v) is 3.89. The molecule has 0 heterocycles. The smallest absolute Gasteiger partial charge is 0.0395 e. The molecule has 0 saturated heterocycles. The van der Waals surface area contributed by atoms with Gasteiger partial charge in [0.25, 0.3) is 0 Å². The van der Waals surface area contributed by atoms with E-state index in [1.807, 2.05) is 13.8 Å². The predicted octanol–water partition coefficient (Wildman–Crippen LogP) is 5.38. The van der Waals surface area contributed by atoms with Gasteiger partial charge in [0.05, 0.1) is 0 Å². The molecule has 0 saturated carbocycles. The maximum atomic E-state index is 2.22. The van der Waals surface area contributed by atoms with Crippen molar-refractivity contribution in [2.24, 2.45) is 5.92 Å². The van der Waals surface area contributed by atoms with Crippen LogP contribution >= 0.6 is 0 Å². The van der Waals surface area contributed by atoms with Gasteiger partial charge in [-0.2, -0.15) is 0 Å². The largest absolute Gasteiger partial charge is 0.0683 e. The van der Waals surface area contributed by atoms with Crippen LogP contribution < -0.4 is 0 Å². The summed E-state index contributed by atoms with van der Waals surface area (Å²) in [6.45, 7) is 14.9. The summed E-state index contributed by atoms with van der Waals surface area (Å²) in [4.78, 5) is 0. The SMILES string of the molecule is CC.CCC(C)C.Cc1ccccc1C. The van der Waals surface area contributed by atoms with Gasteiger partial charge in [0.1, 0.15) is 0 Å². The fourth-order valence-corrected chi connectivity index (χ4v) is 0.663. The highest BCUT2D eigenvalue weighted by molar-refractivity contribution is 5.23. The molecule has 0 N–H and O–H groups in total. The first-order valence-electron chi connectivity index (χ1n) is 6.10. The molecule has 0 aliphatic rings. The number of benzene rings is 1. The first-order chi connectivity index (χ1) is 7.07. The summed E-state index contributed by atoms with van der Waals surface area (Å²) >= 11 is 0. The quantitative estimate of drug-likeness (QED) is 0.581. The second-order valence-electron chi connectivity index (χ2n) is 3.89. The summed E-state index contributed by atoms with van der Waals surface area (Å²) in [5, 5.41) is 0. The van der Waals surface area contributed by atoms with Crippen molar-refractivity contribution in [2.75, 3.05) is 0 Å². The third kappa shape index (κ3) is 11.1. The van der Waals surface area contributed by atoms with Crippen molar-refractivity contribution in [3.8, 4) is 0 Å². The van der Waals surface area contributed by atoms with Crippen molar-refractivity contribution in [3.63, 3.8) is 0 Å². The zero-order valence-electron chi connectivity index (χ0n) is 11.6. The van der Waals surface area contributed by atoms with Crippen LogP contribution in [0.15, 0.2) is 24.3 Å². The zero-order chi connectivity index (χ0) is 12.3. The third-order valence-electron chi connectivity index (χ3n) is 2.24. The van der Waals surface area contributed by atoms with Crippen LogP contribution in [0.2, 0.25) is 0 Å². The first-order valence-corrected chi connectivity index (χ1v) is 6.10. The molecule has 1 aromatic carbocycles. The van der Waals surface area contributed by atoms with E-state index in [4.69, 9.17) is 0 Å². The average molecular weight is 208 g/mol. The minimum absolute atomic E-state index is 0.884. The molecule has 0 spiro atoms. The number of hydrogen-bond acceptors (Lipinski definition) is 0. The molecule has 0 atom stereocenters. The minimum Gasteiger partial charge on any atom is -0.0683 e. The molecular formula is C15H28. The fraction of sp³-hybridized carbons (Fsp3) is 0.600. The summed E-state index contributed by atoms with van der Waals surface area (Å²) < 4.78 is 0. The van der Waals surface area contributed by atoms with Gasteiger partial charge >= 0.3 is 0 Å². The predicted molar refractivity (Wildman–Crippen MR) is 72.4 cm³/mol. The molecule has 0 bridgehead atoms. The number of hydrogen-bond donors (Lipinski definition) is 0. The van der Waals surface area contributed by atoms with Gasteiger partial charge < -0.3 is 0 Å². The molecule has 1 aromatic rings. The van der Waals surface area contributed by atoms with Gasteiger partial charge in [0.2, 0.25) is 0 Å². The fourth-order valence-electron chi connectivity index (χ4n) is 0.663. The van der Waals surface area contributed by atoms with E-state index in [1.165, 1.54) is 17.5 Å². The molecule has 0 aliphatic heterocycles. The van der Waals surface area contributed by atoms with Crippen molar-refractivity contribution in [2.45, 2.75) is 54.9 Å². The zero-order valence-corrected chi connectivity index (χ0v) is 11.6. The standard InChI is InChI=1S/C8H10.C5H12.C2H6/c1-7-5-3-4-6-8(7)2;1-4-5(2)3;1-2/h3-6H,1-2H3;5H,4H2,1-3H3;1-2H3. The Balaban J connectivity index is 0. The van der Waals surface area contributed by atoms with E-state index >= 15 is 0 Å². The Kier molecular flexibility index (Phi) is 12.5. The molecule has 0 radical (unpaired) electrons. The Morgan fingerprint density at radius 1 is 0.933 bits per heavy atom. The normalized spacial score (nSPS) is 8.53. The van der Waals surface area contributed by atoms with Gasteiger partial charge in [0.15, 0.2) is 0 Å². The van der Waals surface area contributed by atoms with Gasteiger partial charge in [-0.3, -0.25) is 0 Å². The topological polar surface area (TPSA) is 0 Å². The molecule has 0 nitrogen and oxygen atoms in total. The van der Waals surface area contributed by atoms with Crippen LogP contribution in [0.3, 0.4) is 0 Å². The summed E-state index contributed by atoms with van der Waals surface area (Å²) in [6.07, 6.45) is 1.31. The van der Waals surface area contributed by atoms with Crippen molar-refractivity contribution < 1.29 is 0 Å². The maximum Gasteiger partial charge on any atom is -0.0395 e. The van der Waals surface area contributed by atoms with E-state index in [2.05, 4.69) is 58.9 Å². The minimum atomic E-state index is 0.884. The lowest BCUT2D eigenvalue weighted by Crippen LogP contribution is -1.77. The summed E-state index contributed by atoms with van der Waals surface area (Å²) in [6, 6.07) is 8.36. The Morgan fingerprint density at radius 3 is 1.33 bits per heavy atom. The van der Waals surface area contributed by atoms with Gasteiger partial charge in [0, 0.05) is 0 Å². The highest BCUT2D eigenvalue weighted by Crippen LogP contribution is 2.02. The van der Waals surface area contributed by atoms with Gasteiger partial charge in [-0.05, 0) is 30.9 Å². The van der Waals surface area contributed by atoms with E-state index in [9.17, 15) is 0 Å². The highest BCUT2D eigenvalue weighted by atomic mass is 13.9. The molecule has 88 valence electrons. The molecule has 0 amide bonds. The maximum absolute atomic E-state index is 2.22. The summed E-state index contributed by atoms with van der Waals surface area (Å²) in [5.41, 5.74) is 2.74. The van der Waals surface area contributed by atoms with Crippen LogP contribution in [0, 0.1) is 19.8 Å². The van der Waals surface area contributed by atoms with Gasteiger partial charge in [-0.15, -0.1) is 0 Å². The van der Waals surface area contributed by atoms with Crippen LogP contribution in [0.1, 0.15) is 52.2 Å². The van der Waals surface area contributed by atoms with Crippen molar-refractivity contribution in [3.05, 3.63) is 35.4 Å². The van der Waals surface area contributed by atoms with Gasteiger partial charge in [-0.1, -0.05) is 65.3 Å². The summed E-state index contributed by atoms with van der Waals surface area (Å²) in [7, 11) is 0. The Morgan fingerprint density at radius 2 is 1.20 bits per heavy atom. The number of rotatable bonds is 1. The van der Waals surface area contributed by atoms with Crippen LogP contribution in [0.25, 0.3) is 0 Å². The van der Waals surface area contributed by atoms with Crippen molar-refractivity contribution >= 4 is 0 Å². The highest BCUT2D eigenvalue weighted by Gasteiger charge is 1.83. The molecule has 0 fully saturated rings. The molecule has 0 unspecified atom stereocenters. The van der Waals surface area contributed by atoms with Gasteiger partial charge in [-0.25, -0.2) is 0 Å². The molecule has 1 rings (SSSR count). The van der Waals surface area contributed by atoms with E-state index in [0.29, 0.717) is 0 Å². The van der Waals surface area contributed by atoms with Crippen LogP contribution in [-0.2, 0) is 0 Å². The Labute approximate surface area is 96.7 Å². The van der Waals surface area contributed by atoms with Crippen LogP contribution in [-0.4, -0.2) is 0 Å². The van der Waals surface area contributed by atoms with Crippen molar-refractivity contribution in [1.82, 2.24) is 0 Å². The summed E-state index contributed by atoms with van der Waals surface area (Å²) in [5.74, 6) is 0.884. The van der Waals surface area contributed by atoms with Crippen LogP contribution in [0.5, 0.6) is 0 Å². The lowest BCUT2D eigenvalue weighted by Gasteiger charge is -1.93. The second kappa shape index (κ2) is 11.3. The number of aryl methyl sites for hydroxylation is 2. The molecule has 0 aliphatic carbocycles. The Bertz CT molecular complexity index is 202. The van der Waals surface area contributed by atoms with E-state index in [-0.39, 0.29) is 0 Å². The lowest BCUT2D eigenvalue weighted by atomic mass is 10.1. The third-order valence-corrected chi connectivity index (χ3v) is 2.24. The molecular weight excluding hydrogens is 180 g/mol.